The van der Waals surface area contributed by atoms with Crippen molar-refractivity contribution >= 4 is 17.6 Å². The molecule has 0 saturated carbocycles. The molecule has 0 unspecified atom stereocenters. The van der Waals surface area contributed by atoms with Crippen LogP contribution in [0.25, 0.3) is 0 Å². The van der Waals surface area contributed by atoms with Gasteiger partial charge in [0.1, 0.15) is 0 Å². The van der Waals surface area contributed by atoms with Crippen LogP contribution in [-0.4, -0.2) is 19.0 Å². The van der Waals surface area contributed by atoms with E-state index in [-0.39, 0.29) is 5.97 Å². The maximum absolute atomic E-state index is 10.9. The molecule has 0 rings (SSSR count). The number of allylic oxidation sites excluding steroid dienone is 2. The van der Waals surface area contributed by atoms with Gasteiger partial charge in [0.2, 0.25) is 0 Å². The van der Waals surface area contributed by atoms with Gasteiger partial charge >= 0.3 is 5.97 Å². The molecule has 0 N–H and O–H groups in total. The van der Waals surface area contributed by atoms with Gasteiger partial charge in [-0.1, -0.05) is 57.1 Å². The van der Waals surface area contributed by atoms with Gasteiger partial charge in [0, 0.05) is 12.3 Å². The highest BCUT2D eigenvalue weighted by atomic mass is 35.5. The highest BCUT2D eigenvalue weighted by molar-refractivity contribution is 6.18. The highest BCUT2D eigenvalue weighted by Gasteiger charge is 1.98. The number of halogens is 1. The van der Waals surface area contributed by atoms with Gasteiger partial charge in [0.15, 0.2) is 0 Å². The van der Waals surface area contributed by atoms with E-state index in [0.29, 0.717) is 12.3 Å². The minimum atomic E-state index is -0.0804. The summed E-state index contributed by atoms with van der Waals surface area (Å²) in [5.74, 6) is 0.555. The number of esters is 1. The van der Waals surface area contributed by atoms with Crippen molar-refractivity contribution in [3.05, 3.63) is 12.2 Å². The molecule has 0 aliphatic rings. The van der Waals surface area contributed by atoms with Crippen LogP contribution in [0.3, 0.4) is 0 Å². The summed E-state index contributed by atoms with van der Waals surface area (Å²) in [6, 6.07) is 0. The SMILES string of the molecule is COC(=O)CCCCCCCCCCCC=CCCl. The van der Waals surface area contributed by atoms with E-state index in [1.54, 1.807) is 0 Å². The molecule has 0 aromatic carbocycles. The zero-order valence-electron chi connectivity index (χ0n) is 12.3. The van der Waals surface area contributed by atoms with Gasteiger partial charge in [0.25, 0.3) is 0 Å². The molecule has 0 aliphatic carbocycles. The van der Waals surface area contributed by atoms with Crippen LogP contribution in [0.4, 0.5) is 0 Å². The van der Waals surface area contributed by atoms with E-state index in [2.05, 4.69) is 10.8 Å². The summed E-state index contributed by atoms with van der Waals surface area (Å²) in [6.45, 7) is 0. The number of carbonyl (C=O) groups excluding carboxylic acids is 1. The van der Waals surface area contributed by atoms with Gasteiger partial charge < -0.3 is 4.74 Å². The molecule has 0 atom stereocenters. The topological polar surface area (TPSA) is 26.3 Å². The third kappa shape index (κ3) is 15.4. The second-order valence-electron chi connectivity index (χ2n) is 4.92. The molecule has 19 heavy (non-hydrogen) atoms. The number of unbranched alkanes of at least 4 members (excludes halogenated alkanes) is 9. The molecule has 3 heteroatoms. The largest absolute Gasteiger partial charge is 0.469 e. The van der Waals surface area contributed by atoms with Gasteiger partial charge in [0.05, 0.1) is 7.11 Å². The Bertz CT molecular complexity index is 227. The Labute approximate surface area is 123 Å². The lowest BCUT2D eigenvalue weighted by molar-refractivity contribution is -0.140. The second kappa shape index (κ2) is 15.6. The van der Waals surface area contributed by atoms with Crippen molar-refractivity contribution in [1.82, 2.24) is 0 Å². The summed E-state index contributed by atoms with van der Waals surface area (Å²) in [6.07, 6.45) is 17.2. The molecule has 112 valence electrons. The third-order valence-corrected chi connectivity index (χ3v) is 3.41. The van der Waals surface area contributed by atoms with Crippen LogP contribution in [0, 0.1) is 0 Å². The third-order valence-electron chi connectivity index (χ3n) is 3.24. The average Bonchev–Trinajstić information content (AvgIpc) is 2.43. The fourth-order valence-electron chi connectivity index (χ4n) is 2.05. The van der Waals surface area contributed by atoms with Crippen molar-refractivity contribution < 1.29 is 9.53 Å². The Balaban J connectivity index is 3.03. The Morgan fingerprint density at radius 1 is 0.895 bits per heavy atom. The van der Waals surface area contributed by atoms with Gasteiger partial charge in [-0.2, -0.15) is 0 Å². The summed E-state index contributed by atoms with van der Waals surface area (Å²) < 4.78 is 4.61. The van der Waals surface area contributed by atoms with E-state index in [4.69, 9.17) is 11.6 Å². The fourth-order valence-corrected chi connectivity index (χ4v) is 2.18. The van der Waals surface area contributed by atoms with Gasteiger partial charge in [-0.05, 0) is 19.3 Å². The van der Waals surface area contributed by atoms with Crippen LogP contribution in [0.2, 0.25) is 0 Å². The molecule has 0 aliphatic heterocycles. The van der Waals surface area contributed by atoms with Gasteiger partial charge in [-0.3, -0.25) is 4.79 Å². The second-order valence-corrected chi connectivity index (χ2v) is 5.23. The fraction of sp³-hybridized carbons (Fsp3) is 0.812. The zero-order chi connectivity index (χ0) is 14.2. The summed E-state index contributed by atoms with van der Waals surface area (Å²) in [7, 11) is 1.45. The number of carbonyl (C=O) groups is 1. The molecule has 2 nitrogen and oxygen atoms in total. The van der Waals surface area contributed by atoms with E-state index in [1.165, 1.54) is 58.5 Å². The lowest BCUT2D eigenvalue weighted by Gasteiger charge is -2.02. The Morgan fingerprint density at radius 3 is 1.95 bits per heavy atom. The molecule has 0 radical (unpaired) electrons. The predicted molar refractivity (Wildman–Crippen MR) is 82.7 cm³/mol. The van der Waals surface area contributed by atoms with Crippen molar-refractivity contribution in [3.63, 3.8) is 0 Å². The molecule has 0 bridgehead atoms. The van der Waals surface area contributed by atoms with Crippen LogP contribution in [0.1, 0.15) is 70.6 Å². The van der Waals surface area contributed by atoms with Crippen LogP contribution in [-0.2, 0) is 9.53 Å². The highest BCUT2D eigenvalue weighted by Crippen LogP contribution is 2.11. The summed E-state index contributed by atoms with van der Waals surface area (Å²) in [5, 5.41) is 0. The smallest absolute Gasteiger partial charge is 0.305 e. The van der Waals surface area contributed by atoms with E-state index in [1.807, 2.05) is 6.08 Å². The van der Waals surface area contributed by atoms with Crippen molar-refractivity contribution in [2.45, 2.75) is 70.6 Å². The summed E-state index contributed by atoms with van der Waals surface area (Å²) >= 11 is 5.55. The van der Waals surface area contributed by atoms with Gasteiger partial charge in [-0.15, -0.1) is 11.6 Å². The predicted octanol–water partition coefficient (Wildman–Crippen LogP) is 5.25. The summed E-state index contributed by atoms with van der Waals surface area (Å²) in [4.78, 5) is 10.9. The lowest BCUT2D eigenvalue weighted by Crippen LogP contribution is -1.99. The Kier molecular flexibility index (Phi) is 15.1. The van der Waals surface area contributed by atoms with Crippen LogP contribution in [0.5, 0.6) is 0 Å². The van der Waals surface area contributed by atoms with Crippen LogP contribution >= 0.6 is 11.6 Å². The number of methoxy groups -OCH3 is 1. The van der Waals surface area contributed by atoms with Crippen molar-refractivity contribution in [2.75, 3.05) is 13.0 Å². The number of alkyl halides is 1. The van der Waals surface area contributed by atoms with E-state index in [0.717, 1.165) is 12.8 Å². The maximum atomic E-state index is 10.9. The van der Waals surface area contributed by atoms with E-state index >= 15 is 0 Å². The van der Waals surface area contributed by atoms with Crippen LogP contribution < -0.4 is 0 Å². The quantitative estimate of drug-likeness (QED) is 0.200. The minimum absolute atomic E-state index is 0.0804. The standard InChI is InChI=1S/C16H29ClO2/c1-19-16(18)14-12-10-8-6-4-2-3-5-7-9-11-13-15-17/h11,13H,2-10,12,14-15H2,1H3. The van der Waals surface area contributed by atoms with Crippen molar-refractivity contribution in [3.8, 4) is 0 Å². The molecular formula is C16H29ClO2. The molecule has 0 spiro atoms. The molecule has 0 saturated heterocycles. The zero-order valence-corrected chi connectivity index (χ0v) is 13.1. The van der Waals surface area contributed by atoms with Crippen molar-refractivity contribution in [1.29, 1.82) is 0 Å². The molecule has 0 aromatic heterocycles. The van der Waals surface area contributed by atoms with Crippen LogP contribution in [0.15, 0.2) is 12.2 Å². The van der Waals surface area contributed by atoms with E-state index < -0.39 is 0 Å². The maximum Gasteiger partial charge on any atom is 0.305 e. The number of hydrogen-bond acceptors (Lipinski definition) is 2. The lowest BCUT2D eigenvalue weighted by atomic mass is 10.1. The first-order valence-electron chi connectivity index (χ1n) is 7.59. The Hall–Kier alpha value is -0.500. The van der Waals surface area contributed by atoms with E-state index in [9.17, 15) is 4.79 Å². The summed E-state index contributed by atoms with van der Waals surface area (Å²) in [5.41, 5.74) is 0. The molecular weight excluding hydrogens is 260 g/mol. The Morgan fingerprint density at radius 2 is 1.42 bits per heavy atom. The molecule has 0 aromatic rings. The minimum Gasteiger partial charge on any atom is -0.469 e. The first kappa shape index (κ1) is 18.5. The average molecular weight is 289 g/mol. The first-order valence-corrected chi connectivity index (χ1v) is 8.12. The normalized spacial score (nSPS) is 11.1. The monoisotopic (exact) mass is 288 g/mol. The number of ether oxygens (including phenoxy) is 1. The number of rotatable bonds is 13. The molecule has 0 heterocycles. The van der Waals surface area contributed by atoms with Crippen molar-refractivity contribution in [2.24, 2.45) is 0 Å². The number of hydrogen-bond donors (Lipinski definition) is 0. The van der Waals surface area contributed by atoms with Gasteiger partial charge in [-0.25, -0.2) is 0 Å². The molecule has 0 amide bonds. The first-order chi connectivity index (χ1) is 9.31. The molecule has 0 fully saturated rings.